The molecule has 0 aliphatic carbocycles. The topological polar surface area (TPSA) is 60.3 Å². The van der Waals surface area contributed by atoms with Crippen LogP contribution < -0.4 is 14.4 Å². The van der Waals surface area contributed by atoms with E-state index in [0.29, 0.717) is 41.1 Å². The molecule has 1 heterocycles. The van der Waals surface area contributed by atoms with Crippen LogP contribution in [0.2, 0.25) is 5.02 Å². The zero-order valence-corrected chi connectivity index (χ0v) is 16.8. The summed E-state index contributed by atoms with van der Waals surface area (Å²) in [5, 5.41) is 0.600. The minimum atomic E-state index is -3.46. The highest BCUT2D eigenvalue weighted by atomic mass is 35.5. The number of hydrogen-bond donors (Lipinski definition) is 1. The normalized spacial score (nSPS) is 16.2. The number of para-hydroxylation sites is 1. The van der Waals surface area contributed by atoms with Gasteiger partial charge in [-0.3, -0.25) is 0 Å². The van der Waals surface area contributed by atoms with Gasteiger partial charge in [0.15, 0.2) is 0 Å². The molecule has 3 rings (SSSR count). The summed E-state index contributed by atoms with van der Waals surface area (Å²) in [6.45, 7) is 3.85. The summed E-state index contributed by atoms with van der Waals surface area (Å²) in [7, 11) is -1.91. The zero-order valence-electron chi connectivity index (χ0n) is 15.2. The van der Waals surface area contributed by atoms with E-state index in [1.807, 2.05) is 18.2 Å². The van der Waals surface area contributed by atoms with E-state index in [4.69, 9.17) is 21.1 Å². The number of methoxy groups -OCH3 is 1. The van der Waals surface area contributed by atoms with Crippen LogP contribution in [0.25, 0.3) is 0 Å². The summed E-state index contributed by atoms with van der Waals surface area (Å²) < 4.78 is 37.9. The van der Waals surface area contributed by atoms with Gasteiger partial charge >= 0.3 is 0 Å². The number of quaternary nitrogens is 1. The lowest BCUT2D eigenvalue weighted by atomic mass is 10.3. The fraction of sp³-hybridized carbons (Fsp3) is 0.368. The number of halogens is 1. The molecule has 1 aliphatic rings. The monoisotopic (exact) mass is 411 g/mol. The first-order valence-corrected chi connectivity index (χ1v) is 10.7. The molecule has 8 heteroatoms. The summed E-state index contributed by atoms with van der Waals surface area (Å²) in [5.41, 5.74) is 0. The predicted molar refractivity (Wildman–Crippen MR) is 104 cm³/mol. The van der Waals surface area contributed by atoms with Gasteiger partial charge in [-0.2, -0.15) is 4.31 Å². The van der Waals surface area contributed by atoms with Crippen LogP contribution in [0.1, 0.15) is 0 Å². The number of ether oxygens (including phenoxy) is 2. The standard InChI is InChI=1S/C19H23ClN2O4S/c1-25-16-6-8-17(9-7-16)27(23,24)22-12-10-21(11-13-22)14-15-26-19-5-3-2-4-18(19)20/h2-9H,10-15H2,1H3/p+1. The van der Waals surface area contributed by atoms with Gasteiger partial charge in [-0.05, 0) is 36.4 Å². The summed E-state index contributed by atoms with van der Waals surface area (Å²) in [6, 6.07) is 13.9. The van der Waals surface area contributed by atoms with Crippen LogP contribution in [-0.4, -0.2) is 59.2 Å². The molecular formula is C19H24ClN2O4S+. The highest BCUT2D eigenvalue weighted by molar-refractivity contribution is 7.89. The lowest BCUT2D eigenvalue weighted by molar-refractivity contribution is -0.903. The molecule has 1 aliphatic heterocycles. The zero-order chi connectivity index (χ0) is 19.3. The largest absolute Gasteiger partial charge is 0.497 e. The number of nitrogens with one attached hydrogen (secondary N) is 1. The van der Waals surface area contributed by atoms with Crippen molar-refractivity contribution in [3.63, 3.8) is 0 Å². The molecule has 0 radical (unpaired) electrons. The summed E-state index contributed by atoms with van der Waals surface area (Å²) >= 11 is 6.08. The van der Waals surface area contributed by atoms with Crippen LogP contribution in [0.5, 0.6) is 11.5 Å². The Balaban J connectivity index is 1.50. The van der Waals surface area contributed by atoms with Gasteiger partial charge in [0, 0.05) is 0 Å². The second-order valence-electron chi connectivity index (χ2n) is 6.36. The van der Waals surface area contributed by atoms with Crippen molar-refractivity contribution in [2.24, 2.45) is 0 Å². The van der Waals surface area contributed by atoms with Gasteiger partial charge < -0.3 is 14.4 Å². The van der Waals surface area contributed by atoms with Gasteiger partial charge in [-0.15, -0.1) is 0 Å². The van der Waals surface area contributed by atoms with E-state index in [9.17, 15) is 8.42 Å². The van der Waals surface area contributed by atoms with E-state index in [1.54, 1.807) is 41.7 Å². The SMILES string of the molecule is COc1ccc(S(=O)(=O)N2CC[NH+](CCOc3ccccc3Cl)CC2)cc1. The maximum Gasteiger partial charge on any atom is 0.243 e. The van der Waals surface area contributed by atoms with Crippen molar-refractivity contribution in [3.8, 4) is 11.5 Å². The average Bonchev–Trinajstić information content (AvgIpc) is 2.70. The van der Waals surface area contributed by atoms with Crippen molar-refractivity contribution in [1.82, 2.24) is 4.31 Å². The Kier molecular flexibility index (Phi) is 6.59. The molecule has 0 amide bonds. The quantitative estimate of drug-likeness (QED) is 0.746. The van der Waals surface area contributed by atoms with E-state index >= 15 is 0 Å². The molecule has 27 heavy (non-hydrogen) atoms. The first-order valence-electron chi connectivity index (χ1n) is 8.86. The average molecular weight is 412 g/mol. The third-order valence-corrected chi connectivity index (χ3v) is 6.90. The Morgan fingerprint density at radius 1 is 1.07 bits per heavy atom. The van der Waals surface area contributed by atoms with Crippen molar-refractivity contribution in [2.45, 2.75) is 4.90 Å². The molecule has 2 aromatic rings. The van der Waals surface area contributed by atoms with Gasteiger partial charge in [0.05, 0.1) is 43.2 Å². The van der Waals surface area contributed by atoms with Crippen LogP contribution in [-0.2, 0) is 10.0 Å². The maximum atomic E-state index is 12.8. The Morgan fingerprint density at radius 2 is 1.74 bits per heavy atom. The first kappa shape index (κ1) is 19.9. The lowest BCUT2D eigenvalue weighted by Gasteiger charge is -2.31. The Morgan fingerprint density at radius 3 is 2.37 bits per heavy atom. The number of piperazine rings is 1. The second-order valence-corrected chi connectivity index (χ2v) is 8.70. The molecule has 0 spiro atoms. The van der Waals surface area contributed by atoms with Crippen LogP contribution in [0.15, 0.2) is 53.4 Å². The van der Waals surface area contributed by atoms with Crippen molar-refractivity contribution in [1.29, 1.82) is 0 Å². The molecule has 1 N–H and O–H groups in total. The fourth-order valence-electron chi connectivity index (χ4n) is 3.06. The van der Waals surface area contributed by atoms with Crippen molar-refractivity contribution in [3.05, 3.63) is 53.6 Å². The third-order valence-electron chi connectivity index (χ3n) is 4.68. The molecule has 146 valence electrons. The molecular weight excluding hydrogens is 388 g/mol. The van der Waals surface area contributed by atoms with Crippen molar-refractivity contribution >= 4 is 21.6 Å². The Bertz CT molecular complexity index is 850. The van der Waals surface area contributed by atoms with Crippen molar-refractivity contribution in [2.75, 3.05) is 46.4 Å². The van der Waals surface area contributed by atoms with E-state index < -0.39 is 10.0 Å². The molecule has 0 atom stereocenters. The summed E-state index contributed by atoms with van der Waals surface area (Å²) in [6.07, 6.45) is 0. The van der Waals surface area contributed by atoms with E-state index in [-0.39, 0.29) is 0 Å². The minimum Gasteiger partial charge on any atom is -0.497 e. The van der Waals surface area contributed by atoms with E-state index in [2.05, 4.69) is 0 Å². The predicted octanol–water partition coefficient (Wildman–Crippen LogP) is 1.32. The Labute approximate surface area is 165 Å². The van der Waals surface area contributed by atoms with Gasteiger partial charge in [0.2, 0.25) is 10.0 Å². The van der Waals surface area contributed by atoms with Gasteiger partial charge in [-0.1, -0.05) is 23.7 Å². The number of benzene rings is 2. The molecule has 1 saturated heterocycles. The third kappa shape index (κ3) is 4.93. The van der Waals surface area contributed by atoms with Crippen LogP contribution >= 0.6 is 11.6 Å². The van der Waals surface area contributed by atoms with Crippen molar-refractivity contribution < 1.29 is 22.8 Å². The number of hydrogen-bond acceptors (Lipinski definition) is 4. The number of rotatable bonds is 7. The summed E-state index contributed by atoms with van der Waals surface area (Å²) in [4.78, 5) is 1.62. The maximum absolute atomic E-state index is 12.8. The van der Waals surface area contributed by atoms with Gasteiger partial charge in [0.1, 0.15) is 24.7 Å². The molecule has 2 aromatic carbocycles. The van der Waals surface area contributed by atoms with Gasteiger partial charge in [-0.25, -0.2) is 8.42 Å². The van der Waals surface area contributed by atoms with Crippen LogP contribution in [0.4, 0.5) is 0 Å². The number of sulfonamides is 1. The van der Waals surface area contributed by atoms with Crippen LogP contribution in [0.3, 0.4) is 0 Å². The smallest absolute Gasteiger partial charge is 0.243 e. The second kappa shape index (κ2) is 8.93. The highest BCUT2D eigenvalue weighted by Crippen LogP contribution is 2.22. The van der Waals surface area contributed by atoms with E-state index in [1.165, 1.54) is 4.90 Å². The molecule has 0 bridgehead atoms. The molecule has 6 nitrogen and oxygen atoms in total. The van der Waals surface area contributed by atoms with Gasteiger partial charge in [0.25, 0.3) is 0 Å². The minimum absolute atomic E-state index is 0.300. The molecule has 1 fully saturated rings. The number of nitrogens with zero attached hydrogens (tertiary/aromatic N) is 1. The highest BCUT2D eigenvalue weighted by Gasteiger charge is 2.30. The van der Waals surface area contributed by atoms with E-state index in [0.717, 1.165) is 19.6 Å². The molecule has 0 unspecified atom stereocenters. The lowest BCUT2D eigenvalue weighted by Crippen LogP contribution is -3.15. The Hall–Kier alpha value is -1.80. The first-order chi connectivity index (χ1) is 13.0. The summed E-state index contributed by atoms with van der Waals surface area (Å²) in [5.74, 6) is 1.32. The molecule has 0 saturated carbocycles. The fourth-order valence-corrected chi connectivity index (χ4v) is 4.69. The van der Waals surface area contributed by atoms with Crippen LogP contribution in [0, 0.1) is 0 Å². The molecule has 0 aromatic heterocycles.